The lowest BCUT2D eigenvalue weighted by atomic mass is 10.2. The molecule has 0 radical (unpaired) electrons. The van der Waals surface area contributed by atoms with Crippen molar-refractivity contribution >= 4 is 22.4 Å². The van der Waals surface area contributed by atoms with E-state index in [1.807, 2.05) is 0 Å². The van der Waals surface area contributed by atoms with Crippen molar-refractivity contribution in [1.29, 1.82) is 0 Å². The first-order valence-corrected chi connectivity index (χ1v) is 8.48. The number of pyridine rings is 1. The summed E-state index contributed by atoms with van der Waals surface area (Å²) in [6.45, 7) is -1.60. The average Bonchev–Trinajstić information content (AvgIpc) is 3.10. The first-order valence-electron chi connectivity index (χ1n) is 7.60. The predicted molar refractivity (Wildman–Crippen MR) is 91.2 cm³/mol. The van der Waals surface area contributed by atoms with E-state index in [0.717, 1.165) is 23.5 Å². The fraction of sp³-hybridized carbons (Fsp3) is 0.118. The summed E-state index contributed by atoms with van der Waals surface area (Å²) in [5.74, 6) is -3.31. The molecule has 0 saturated heterocycles. The molecule has 1 aromatic carbocycles. The normalized spacial score (nSPS) is 11.3. The fourth-order valence-electron chi connectivity index (χ4n) is 2.11. The number of hydrogen-bond donors (Lipinski definition) is 1. The van der Waals surface area contributed by atoms with Crippen molar-refractivity contribution in [1.82, 2.24) is 9.97 Å². The van der Waals surface area contributed by atoms with Crippen molar-refractivity contribution in [3.8, 4) is 17.1 Å². The minimum Gasteiger partial charge on any atom is -0.467 e. The van der Waals surface area contributed by atoms with Gasteiger partial charge < -0.3 is 4.74 Å². The lowest BCUT2D eigenvalue weighted by molar-refractivity contribution is -0.154. The van der Waals surface area contributed by atoms with Gasteiger partial charge in [0.2, 0.25) is 5.88 Å². The van der Waals surface area contributed by atoms with Gasteiger partial charge in [0.05, 0.1) is 5.69 Å². The van der Waals surface area contributed by atoms with Crippen LogP contribution in [0.4, 0.5) is 27.1 Å². The zero-order chi connectivity index (χ0) is 20.3. The van der Waals surface area contributed by atoms with Crippen molar-refractivity contribution in [2.24, 2.45) is 0 Å². The molecule has 146 valence electrons. The van der Waals surface area contributed by atoms with Gasteiger partial charge in [0, 0.05) is 17.1 Å². The molecule has 0 aliphatic rings. The van der Waals surface area contributed by atoms with Crippen molar-refractivity contribution in [2.75, 3.05) is 11.9 Å². The maximum absolute atomic E-state index is 13.3. The minimum absolute atomic E-state index is 0.107. The quantitative estimate of drug-likeness (QED) is 0.615. The van der Waals surface area contributed by atoms with Gasteiger partial charge in [-0.2, -0.15) is 13.2 Å². The Bertz CT molecular complexity index is 1010. The van der Waals surface area contributed by atoms with E-state index in [9.17, 15) is 26.7 Å². The monoisotopic (exact) mass is 415 g/mol. The van der Waals surface area contributed by atoms with Crippen LogP contribution in [0.2, 0.25) is 0 Å². The molecular weight excluding hydrogens is 405 g/mol. The van der Waals surface area contributed by atoms with Crippen LogP contribution in [0.25, 0.3) is 11.3 Å². The number of carbonyl (C=O) groups excluding carboxylic acids is 1. The van der Waals surface area contributed by atoms with E-state index in [4.69, 9.17) is 0 Å². The first-order chi connectivity index (χ1) is 13.2. The molecule has 0 atom stereocenters. The van der Waals surface area contributed by atoms with Crippen LogP contribution in [0.15, 0.2) is 41.9 Å². The molecule has 0 unspecified atom stereocenters. The van der Waals surface area contributed by atoms with Crippen LogP contribution in [0.1, 0.15) is 10.4 Å². The number of benzene rings is 1. The molecule has 3 rings (SSSR count). The van der Waals surface area contributed by atoms with E-state index in [1.165, 1.54) is 29.8 Å². The highest BCUT2D eigenvalue weighted by Crippen LogP contribution is 2.27. The summed E-state index contributed by atoms with van der Waals surface area (Å²) in [4.78, 5) is 20.1. The number of ether oxygens (including phenoxy) is 1. The molecule has 0 spiro atoms. The summed E-state index contributed by atoms with van der Waals surface area (Å²) in [5, 5.41) is 4.02. The van der Waals surface area contributed by atoms with Gasteiger partial charge in [-0.3, -0.25) is 10.1 Å². The van der Waals surface area contributed by atoms with Crippen LogP contribution in [0.5, 0.6) is 5.88 Å². The number of hydrogen-bond acceptors (Lipinski definition) is 5. The third-order valence-electron chi connectivity index (χ3n) is 3.33. The Labute approximate surface area is 158 Å². The van der Waals surface area contributed by atoms with Crippen molar-refractivity contribution in [3.05, 3.63) is 59.1 Å². The molecule has 3 aromatic rings. The fourth-order valence-corrected chi connectivity index (χ4v) is 2.83. The van der Waals surface area contributed by atoms with E-state index in [1.54, 1.807) is 0 Å². The second-order valence-corrected chi connectivity index (χ2v) is 6.24. The van der Waals surface area contributed by atoms with E-state index in [2.05, 4.69) is 20.0 Å². The van der Waals surface area contributed by atoms with Gasteiger partial charge in [-0.25, -0.2) is 18.7 Å². The summed E-state index contributed by atoms with van der Waals surface area (Å²) in [6, 6.07) is 5.84. The number of anilines is 1. The summed E-state index contributed by atoms with van der Waals surface area (Å²) < 4.78 is 67.9. The zero-order valence-corrected chi connectivity index (χ0v) is 14.6. The van der Waals surface area contributed by atoms with Gasteiger partial charge in [0.15, 0.2) is 23.4 Å². The summed E-state index contributed by atoms with van der Waals surface area (Å²) >= 11 is 1.00. The van der Waals surface area contributed by atoms with E-state index < -0.39 is 36.2 Å². The predicted octanol–water partition coefficient (Wildman–Crippen LogP) is 4.68. The number of aromatic nitrogens is 2. The molecule has 1 N–H and O–H groups in total. The number of amides is 1. The standard InChI is InChI=1S/C17H10F5N3O2S/c18-11-4-3-9(6-12(11)19)13-7-28-16(24-13)25-14(26)10-2-1-5-23-15(10)27-8-17(20,21)22/h1-7H,8H2,(H,24,25,26). The van der Waals surface area contributed by atoms with E-state index in [0.29, 0.717) is 11.3 Å². The summed E-state index contributed by atoms with van der Waals surface area (Å²) in [5.41, 5.74) is 0.376. The van der Waals surface area contributed by atoms with Gasteiger partial charge >= 0.3 is 6.18 Å². The smallest absolute Gasteiger partial charge is 0.422 e. The molecule has 2 aromatic heterocycles. The molecule has 2 heterocycles. The molecular formula is C17H10F5N3O2S. The van der Waals surface area contributed by atoms with Gasteiger partial charge in [-0.1, -0.05) is 0 Å². The number of nitrogens with zero attached hydrogens (tertiary/aromatic N) is 2. The number of nitrogens with one attached hydrogen (secondary N) is 1. The van der Waals surface area contributed by atoms with Crippen LogP contribution >= 0.6 is 11.3 Å². The largest absolute Gasteiger partial charge is 0.467 e. The van der Waals surface area contributed by atoms with Crippen LogP contribution in [-0.2, 0) is 0 Å². The Kier molecular flexibility index (Phi) is 5.54. The molecule has 0 bridgehead atoms. The number of carbonyl (C=O) groups is 1. The molecule has 11 heteroatoms. The maximum Gasteiger partial charge on any atom is 0.422 e. The molecule has 0 aliphatic heterocycles. The minimum atomic E-state index is -4.58. The molecule has 0 saturated carbocycles. The molecule has 5 nitrogen and oxygen atoms in total. The molecule has 0 fully saturated rings. The van der Waals surface area contributed by atoms with Crippen LogP contribution < -0.4 is 10.1 Å². The van der Waals surface area contributed by atoms with Gasteiger partial charge in [0.25, 0.3) is 5.91 Å². The number of halogens is 5. The number of alkyl halides is 3. The Hall–Kier alpha value is -3.08. The number of thiazole rings is 1. The highest BCUT2D eigenvalue weighted by atomic mass is 32.1. The zero-order valence-electron chi connectivity index (χ0n) is 13.8. The van der Waals surface area contributed by atoms with Crippen LogP contribution in [0.3, 0.4) is 0 Å². The Morgan fingerprint density at radius 3 is 2.68 bits per heavy atom. The molecule has 1 amide bonds. The first kappa shape index (κ1) is 19.7. The summed E-state index contributed by atoms with van der Waals surface area (Å²) in [6.07, 6.45) is -3.40. The second-order valence-electron chi connectivity index (χ2n) is 5.38. The maximum atomic E-state index is 13.3. The second kappa shape index (κ2) is 7.89. The lowest BCUT2D eigenvalue weighted by Crippen LogP contribution is -2.21. The van der Waals surface area contributed by atoms with Gasteiger partial charge in [-0.15, -0.1) is 11.3 Å². The van der Waals surface area contributed by atoms with Crippen molar-refractivity contribution < 1.29 is 31.5 Å². The Morgan fingerprint density at radius 2 is 1.96 bits per heavy atom. The van der Waals surface area contributed by atoms with E-state index >= 15 is 0 Å². The Morgan fingerprint density at radius 1 is 1.18 bits per heavy atom. The highest BCUT2D eigenvalue weighted by molar-refractivity contribution is 7.14. The summed E-state index contributed by atoms with van der Waals surface area (Å²) in [7, 11) is 0. The lowest BCUT2D eigenvalue weighted by Gasteiger charge is -2.11. The number of rotatable bonds is 5. The third-order valence-corrected chi connectivity index (χ3v) is 4.09. The average molecular weight is 415 g/mol. The van der Waals surface area contributed by atoms with E-state index in [-0.39, 0.29) is 10.7 Å². The van der Waals surface area contributed by atoms with Crippen molar-refractivity contribution in [3.63, 3.8) is 0 Å². The third kappa shape index (κ3) is 4.80. The molecule has 28 heavy (non-hydrogen) atoms. The van der Waals surface area contributed by atoms with Crippen molar-refractivity contribution in [2.45, 2.75) is 6.18 Å². The highest BCUT2D eigenvalue weighted by Gasteiger charge is 2.29. The molecule has 0 aliphatic carbocycles. The topological polar surface area (TPSA) is 64.1 Å². The van der Waals surface area contributed by atoms with Gasteiger partial charge in [0.1, 0.15) is 5.56 Å². The van der Waals surface area contributed by atoms with Crippen LogP contribution in [0, 0.1) is 11.6 Å². The van der Waals surface area contributed by atoms with Crippen LogP contribution in [-0.4, -0.2) is 28.7 Å². The Balaban J connectivity index is 1.75. The SMILES string of the molecule is O=C(Nc1nc(-c2ccc(F)c(F)c2)cs1)c1cccnc1OCC(F)(F)F. The van der Waals surface area contributed by atoms with Gasteiger partial charge in [-0.05, 0) is 30.3 Å².